The summed E-state index contributed by atoms with van der Waals surface area (Å²) in [5.74, 6) is 0.702. The van der Waals surface area contributed by atoms with E-state index in [1.165, 1.54) is 0 Å². The Morgan fingerprint density at radius 2 is 2.20 bits per heavy atom. The van der Waals surface area contributed by atoms with Gasteiger partial charge in [-0.25, -0.2) is 0 Å². The van der Waals surface area contributed by atoms with Crippen LogP contribution in [0.5, 0.6) is 0 Å². The van der Waals surface area contributed by atoms with Gasteiger partial charge in [-0.05, 0) is 24.9 Å². The highest BCUT2D eigenvalue weighted by atomic mass is 35.5. The molecule has 0 unspecified atom stereocenters. The average molecular weight is 232 g/mol. The third-order valence-electron chi connectivity index (χ3n) is 2.01. The van der Waals surface area contributed by atoms with Crippen LogP contribution < -0.4 is 5.32 Å². The molecule has 1 aromatic heterocycles. The lowest BCUT2D eigenvalue weighted by Gasteiger charge is -2.04. The standard InChI is InChI=1S/C11H21N3.ClH/c1-4-6-14-7-5-11(13-14)9-12-8-10(2)3;/h5,7,10,12H,4,6,8-9H2,1-3H3;1H. The lowest BCUT2D eigenvalue weighted by molar-refractivity contribution is 0.537. The van der Waals surface area contributed by atoms with Gasteiger partial charge in [0.1, 0.15) is 0 Å². The number of nitrogens with one attached hydrogen (secondary N) is 1. The molecule has 1 N–H and O–H groups in total. The molecule has 0 aliphatic rings. The third kappa shape index (κ3) is 5.80. The molecule has 15 heavy (non-hydrogen) atoms. The van der Waals surface area contributed by atoms with Crippen molar-refractivity contribution >= 4 is 12.4 Å². The first-order valence-corrected chi connectivity index (χ1v) is 5.45. The molecule has 1 aromatic rings. The van der Waals surface area contributed by atoms with Crippen LogP contribution in [-0.2, 0) is 13.1 Å². The first kappa shape index (κ1) is 14.5. The van der Waals surface area contributed by atoms with Crippen LogP contribution in [0, 0.1) is 5.92 Å². The molecule has 0 spiro atoms. The van der Waals surface area contributed by atoms with Gasteiger partial charge in [-0.15, -0.1) is 12.4 Å². The van der Waals surface area contributed by atoms with Crippen LogP contribution >= 0.6 is 12.4 Å². The van der Waals surface area contributed by atoms with Gasteiger partial charge in [0.2, 0.25) is 0 Å². The lowest BCUT2D eigenvalue weighted by Crippen LogP contribution is -2.19. The summed E-state index contributed by atoms with van der Waals surface area (Å²) in [7, 11) is 0. The van der Waals surface area contributed by atoms with Gasteiger partial charge in [-0.1, -0.05) is 20.8 Å². The van der Waals surface area contributed by atoms with Crippen LogP contribution in [-0.4, -0.2) is 16.3 Å². The Morgan fingerprint density at radius 1 is 1.47 bits per heavy atom. The molecule has 1 rings (SSSR count). The molecule has 0 aliphatic carbocycles. The van der Waals surface area contributed by atoms with Crippen molar-refractivity contribution in [1.29, 1.82) is 0 Å². The monoisotopic (exact) mass is 231 g/mol. The number of halogens is 1. The van der Waals surface area contributed by atoms with Crippen molar-refractivity contribution in [3.8, 4) is 0 Å². The van der Waals surface area contributed by atoms with E-state index in [9.17, 15) is 0 Å². The van der Waals surface area contributed by atoms with Crippen molar-refractivity contribution in [3.05, 3.63) is 18.0 Å². The zero-order valence-electron chi connectivity index (χ0n) is 9.86. The Bertz CT molecular complexity index is 258. The quantitative estimate of drug-likeness (QED) is 0.815. The van der Waals surface area contributed by atoms with Crippen LogP contribution in [0.1, 0.15) is 32.9 Å². The number of hydrogen-bond acceptors (Lipinski definition) is 2. The fourth-order valence-electron chi connectivity index (χ4n) is 1.34. The number of aromatic nitrogens is 2. The second-order valence-corrected chi connectivity index (χ2v) is 4.09. The van der Waals surface area contributed by atoms with Crippen LogP contribution in [0.15, 0.2) is 12.3 Å². The van der Waals surface area contributed by atoms with Gasteiger partial charge in [-0.3, -0.25) is 4.68 Å². The highest BCUT2D eigenvalue weighted by molar-refractivity contribution is 5.85. The molecule has 0 atom stereocenters. The molecule has 4 heteroatoms. The Balaban J connectivity index is 0.00000196. The highest BCUT2D eigenvalue weighted by Gasteiger charge is 1.98. The number of nitrogens with zero attached hydrogens (tertiary/aromatic N) is 2. The van der Waals surface area contributed by atoms with Crippen molar-refractivity contribution in [2.24, 2.45) is 5.92 Å². The van der Waals surface area contributed by atoms with Crippen LogP contribution in [0.2, 0.25) is 0 Å². The van der Waals surface area contributed by atoms with E-state index in [4.69, 9.17) is 0 Å². The third-order valence-corrected chi connectivity index (χ3v) is 2.01. The second kappa shape index (κ2) is 7.71. The summed E-state index contributed by atoms with van der Waals surface area (Å²) >= 11 is 0. The zero-order valence-corrected chi connectivity index (χ0v) is 10.7. The Kier molecular flexibility index (Phi) is 7.44. The summed E-state index contributed by atoms with van der Waals surface area (Å²) in [6.45, 7) is 9.55. The molecule has 0 amide bonds. The molecule has 3 nitrogen and oxygen atoms in total. The van der Waals surface area contributed by atoms with Gasteiger partial charge < -0.3 is 5.32 Å². The molecule has 0 aromatic carbocycles. The topological polar surface area (TPSA) is 29.9 Å². The fourth-order valence-corrected chi connectivity index (χ4v) is 1.34. The molecule has 0 radical (unpaired) electrons. The van der Waals surface area contributed by atoms with E-state index in [1.54, 1.807) is 0 Å². The summed E-state index contributed by atoms with van der Waals surface area (Å²) in [4.78, 5) is 0. The van der Waals surface area contributed by atoms with Crippen LogP contribution in [0.3, 0.4) is 0 Å². The molecule has 1 heterocycles. The minimum Gasteiger partial charge on any atom is -0.311 e. The van der Waals surface area contributed by atoms with E-state index in [0.29, 0.717) is 5.92 Å². The van der Waals surface area contributed by atoms with E-state index in [2.05, 4.69) is 43.4 Å². The fraction of sp³-hybridized carbons (Fsp3) is 0.727. The maximum absolute atomic E-state index is 4.45. The smallest absolute Gasteiger partial charge is 0.0762 e. The van der Waals surface area contributed by atoms with Crippen LogP contribution in [0.4, 0.5) is 0 Å². The zero-order chi connectivity index (χ0) is 10.4. The predicted molar refractivity (Wildman–Crippen MR) is 66.3 cm³/mol. The molecule has 0 aliphatic heterocycles. The van der Waals surface area contributed by atoms with Gasteiger partial charge in [0.15, 0.2) is 0 Å². The molecular formula is C11H22ClN3. The number of rotatable bonds is 6. The van der Waals surface area contributed by atoms with E-state index >= 15 is 0 Å². The van der Waals surface area contributed by atoms with E-state index in [0.717, 1.165) is 31.7 Å². The first-order valence-electron chi connectivity index (χ1n) is 5.45. The van der Waals surface area contributed by atoms with E-state index in [-0.39, 0.29) is 12.4 Å². The molecular weight excluding hydrogens is 210 g/mol. The van der Waals surface area contributed by atoms with Crippen molar-refractivity contribution < 1.29 is 0 Å². The second-order valence-electron chi connectivity index (χ2n) is 4.09. The Morgan fingerprint density at radius 3 is 2.80 bits per heavy atom. The van der Waals surface area contributed by atoms with Crippen molar-refractivity contribution in [1.82, 2.24) is 15.1 Å². The maximum atomic E-state index is 4.45. The van der Waals surface area contributed by atoms with Gasteiger partial charge in [-0.2, -0.15) is 5.10 Å². The predicted octanol–water partition coefficient (Wildman–Crippen LogP) is 2.46. The van der Waals surface area contributed by atoms with E-state index < -0.39 is 0 Å². The van der Waals surface area contributed by atoms with Crippen molar-refractivity contribution in [2.75, 3.05) is 6.54 Å². The number of aryl methyl sites for hydroxylation is 1. The van der Waals surface area contributed by atoms with Crippen molar-refractivity contribution in [2.45, 2.75) is 40.3 Å². The first-order chi connectivity index (χ1) is 6.72. The Labute approximate surface area is 98.7 Å². The number of hydrogen-bond donors (Lipinski definition) is 1. The minimum atomic E-state index is 0. The van der Waals surface area contributed by atoms with Crippen molar-refractivity contribution in [3.63, 3.8) is 0 Å². The summed E-state index contributed by atoms with van der Waals surface area (Å²) in [5.41, 5.74) is 1.14. The van der Waals surface area contributed by atoms with Gasteiger partial charge in [0.25, 0.3) is 0 Å². The summed E-state index contributed by atoms with van der Waals surface area (Å²) < 4.78 is 2.01. The Hall–Kier alpha value is -0.540. The maximum Gasteiger partial charge on any atom is 0.0762 e. The van der Waals surface area contributed by atoms with Crippen LogP contribution in [0.25, 0.3) is 0 Å². The SMILES string of the molecule is CCCn1ccc(CNCC(C)C)n1.Cl. The molecule has 0 saturated heterocycles. The molecule has 0 fully saturated rings. The largest absolute Gasteiger partial charge is 0.311 e. The minimum absolute atomic E-state index is 0. The summed E-state index contributed by atoms with van der Waals surface area (Å²) in [5, 5.41) is 7.83. The van der Waals surface area contributed by atoms with Gasteiger partial charge in [0.05, 0.1) is 5.69 Å². The lowest BCUT2D eigenvalue weighted by atomic mass is 10.2. The highest BCUT2D eigenvalue weighted by Crippen LogP contribution is 1.97. The summed E-state index contributed by atoms with van der Waals surface area (Å²) in [6, 6.07) is 2.09. The molecule has 0 saturated carbocycles. The molecule has 88 valence electrons. The summed E-state index contributed by atoms with van der Waals surface area (Å²) in [6.07, 6.45) is 3.19. The molecule has 0 bridgehead atoms. The van der Waals surface area contributed by atoms with E-state index in [1.807, 2.05) is 4.68 Å². The van der Waals surface area contributed by atoms with Gasteiger partial charge in [0, 0.05) is 19.3 Å². The van der Waals surface area contributed by atoms with Gasteiger partial charge >= 0.3 is 0 Å². The average Bonchev–Trinajstić information content (AvgIpc) is 2.53. The normalized spacial score (nSPS) is 10.4.